The van der Waals surface area contributed by atoms with E-state index in [-0.39, 0.29) is 23.5 Å². The SMILES string of the molecule is COc1ccc(CCNC(=O)CC2CN(Cc3ccc(OC)c(F)c3)CCN2c2ccnc(-n3ccnc3)n2)cc1. The standard InChI is InChI=1S/C30H34FN7O3/c1-40-25-6-3-22(4-7-25)9-11-33-29(39)18-24-20-36(19-23-5-8-27(41-2)26(31)17-23)15-16-38(24)28-10-12-34-30(35-28)37-14-13-32-21-37/h3-8,10,12-14,17,21,24H,9,11,15-16,18-20H2,1-2H3,(H,33,39). The van der Waals surface area contributed by atoms with Crippen molar-refractivity contribution in [2.75, 3.05) is 45.3 Å². The van der Waals surface area contributed by atoms with E-state index in [1.54, 1.807) is 42.7 Å². The molecule has 0 saturated carbocycles. The minimum absolute atomic E-state index is 0.0326. The molecule has 1 aliphatic rings. The molecular weight excluding hydrogens is 525 g/mol. The van der Waals surface area contributed by atoms with Crippen molar-refractivity contribution in [2.45, 2.75) is 25.4 Å². The maximum absolute atomic E-state index is 14.3. The highest BCUT2D eigenvalue weighted by Gasteiger charge is 2.30. The van der Waals surface area contributed by atoms with Gasteiger partial charge >= 0.3 is 0 Å². The normalized spacial score (nSPS) is 15.5. The van der Waals surface area contributed by atoms with Gasteiger partial charge in [-0.05, 0) is 47.9 Å². The molecule has 1 N–H and O–H groups in total. The smallest absolute Gasteiger partial charge is 0.236 e. The van der Waals surface area contributed by atoms with Crippen molar-refractivity contribution in [2.24, 2.45) is 0 Å². The number of ether oxygens (including phenoxy) is 2. The van der Waals surface area contributed by atoms with Gasteiger partial charge < -0.3 is 19.7 Å². The summed E-state index contributed by atoms with van der Waals surface area (Å²) in [5, 5.41) is 3.07. The van der Waals surface area contributed by atoms with Crippen LogP contribution in [0.4, 0.5) is 10.2 Å². The molecule has 1 aliphatic heterocycles. The zero-order valence-corrected chi connectivity index (χ0v) is 23.2. The van der Waals surface area contributed by atoms with E-state index in [1.165, 1.54) is 13.2 Å². The fourth-order valence-corrected chi connectivity index (χ4v) is 5.03. The Bertz CT molecular complexity index is 1430. The summed E-state index contributed by atoms with van der Waals surface area (Å²) < 4.78 is 26.4. The Morgan fingerprint density at radius 2 is 1.88 bits per heavy atom. The van der Waals surface area contributed by atoms with E-state index in [1.807, 2.05) is 36.4 Å². The van der Waals surface area contributed by atoms with Gasteiger partial charge in [-0.3, -0.25) is 14.3 Å². The molecule has 1 atom stereocenters. The molecule has 0 bridgehead atoms. The van der Waals surface area contributed by atoms with Gasteiger partial charge in [-0.15, -0.1) is 0 Å². The summed E-state index contributed by atoms with van der Waals surface area (Å²) in [4.78, 5) is 30.8. The summed E-state index contributed by atoms with van der Waals surface area (Å²) in [6, 6.07) is 14.6. The van der Waals surface area contributed by atoms with E-state index < -0.39 is 0 Å². The third-order valence-electron chi connectivity index (χ3n) is 7.16. The van der Waals surface area contributed by atoms with Crippen LogP contribution in [0.15, 0.2) is 73.4 Å². The van der Waals surface area contributed by atoms with E-state index in [9.17, 15) is 9.18 Å². The van der Waals surface area contributed by atoms with Crippen molar-refractivity contribution in [3.05, 3.63) is 90.4 Å². The molecule has 1 saturated heterocycles. The van der Waals surface area contributed by atoms with Gasteiger partial charge in [0.25, 0.3) is 0 Å². The van der Waals surface area contributed by atoms with Crippen LogP contribution in [-0.4, -0.2) is 76.8 Å². The largest absolute Gasteiger partial charge is 0.497 e. The molecule has 3 heterocycles. The topological polar surface area (TPSA) is 97.6 Å². The molecule has 0 radical (unpaired) electrons. The molecule has 1 unspecified atom stereocenters. The lowest BCUT2D eigenvalue weighted by atomic mass is 10.1. The summed E-state index contributed by atoms with van der Waals surface area (Å²) in [5.41, 5.74) is 1.97. The Labute approximate surface area is 238 Å². The molecule has 41 heavy (non-hydrogen) atoms. The molecule has 5 rings (SSSR count). The fraction of sp³-hybridized carbons (Fsp3) is 0.333. The number of halogens is 1. The molecule has 1 fully saturated rings. The number of amides is 1. The number of benzene rings is 2. The van der Waals surface area contributed by atoms with Crippen molar-refractivity contribution in [1.82, 2.24) is 29.7 Å². The van der Waals surface area contributed by atoms with Gasteiger partial charge in [0.1, 0.15) is 17.9 Å². The van der Waals surface area contributed by atoms with E-state index in [0.717, 1.165) is 35.7 Å². The van der Waals surface area contributed by atoms with Crippen LogP contribution >= 0.6 is 0 Å². The van der Waals surface area contributed by atoms with E-state index >= 15 is 0 Å². The number of hydrogen-bond acceptors (Lipinski definition) is 8. The van der Waals surface area contributed by atoms with Gasteiger partial charge in [0, 0.05) is 57.7 Å². The van der Waals surface area contributed by atoms with Gasteiger partial charge in [0.15, 0.2) is 11.6 Å². The van der Waals surface area contributed by atoms with Crippen LogP contribution in [-0.2, 0) is 17.8 Å². The zero-order chi connectivity index (χ0) is 28.6. The minimum atomic E-state index is -0.385. The minimum Gasteiger partial charge on any atom is -0.497 e. The van der Waals surface area contributed by atoms with Crippen molar-refractivity contribution >= 4 is 11.7 Å². The summed E-state index contributed by atoms with van der Waals surface area (Å²) in [5.74, 6) is 1.87. The number of nitrogens with one attached hydrogen (secondary N) is 1. The highest BCUT2D eigenvalue weighted by molar-refractivity contribution is 5.77. The number of anilines is 1. The molecule has 11 heteroatoms. The molecule has 10 nitrogen and oxygen atoms in total. The quantitative estimate of drug-likeness (QED) is 0.299. The lowest BCUT2D eigenvalue weighted by Crippen LogP contribution is -2.54. The van der Waals surface area contributed by atoms with E-state index in [0.29, 0.717) is 38.5 Å². The lowest BCUT2D eigenvalue weighted by Gasteiger charge is -2.42. The summed E-state index contributed by atoms with van der Waals surface area (Å²) in [6.07, 6.45) is 7.85. The highest BCUT2D eigenvalue weighted by atomic mass is 19.1. The van der Waals surface area contributed by atoms with Crippen LogP contribution in [0.2, 0.25) is 0 Å². The second-order valence-electron chi connectivity index (χ2n) is 9.89. The van der Waals surface area contributed by atoms with Gasteiger partial charge in [-0.1, -0.05) is 18.2 Å². The predicted molar refractivity (Wildman–Crippen MR) is 153 cm³/mol. The van der Waals surface area contributed by atoms with Crippen LogP contribution in [0, 0.1) is 5.82 Å². The number of imidazole rings is 1. The predicted octanol–water partition coefficient (Wildman–Crippen LogP) is 3.26. The third-order valence-corrected chi connectivity index (χ3v) is 7.16. The number of carbonyl (C=O) groups excluding carboxylic acids is 1. The lowest BCUT2D eigenvalue weighted by molar-refractivity contribution is -0.121. The van der Waals surface area contributed by atoms with Crippen LogP contribution in [0.5, 0.6) is 11.5 Å². The van der Waals surface area contributed by atoms with Gasteiger partial charge in [0.05, 0.1) is 20.3 Å². The zero-order valence-electron chi connectivity index (χ0n) is 23.2. The van der Waals surface area contributed by atoms with Crippen LogP contribution in [0.25, 0.3) is 5.95 Å². The molecule has 1 amide bonds. The van der Waals surface area contributed by atoms with E-state index in [2.05, 4.69) is 25.1 Å². The Morgan fingerprint density at radius 1 is 1.05 bits per heavy atom. The number of nitrogens with zero attached hydrogens (tertiary/aromatic N) is 6. The Morgan fingerprint density at radius 3 is 2.61 bits per heavy atom. The second kappa shape index (κ2) is 13.2. The Hall–Kier alpha value is -4.51. The monoisotopic (exact) mass is 559 g/mol. The summed E-state index contributed by atoms with van der Waals surface area (Å²) in [7, 11) is 3.09. The second-order valence-corrected chi connectivity index (χ2v) is 9.89. The molecular formula is C30H34FN7O3. The first-order valence-corrected chi connectivity index (χ1v) is 13.5. The molecule has 0 spiro atoms. The van der Waals surface area contributed by atoms with Crippen LogP contribution in [0.1, 0.15) is 17.5 Å². The van der Waals surface area contributed by atoms with Crippen molar-refractivity contribution < 1.29 is 18.7 Å². The number of hydrogen-bond donors (Lipinski definition) is 1. The first-order chi connectivity index (χ1) is 20.0. The molecule has 4 aromatic rings. The number of piperazine rings is 1. The number of methoxy groups -OCH3 is 2. The van der Waals surface area contributed by atoms with E-state index in [4.69, 9.17) is 14.5 Å². The van der Waals surface area contributed by atoms with Gasteiger partial charge in [-0.2, -0.15) is 4.98 Å². The maximum atomic E-state index is 14.3. The average molecular weight is 560 g/mol. The van der Waals surface area contributed by atoms with Crippen molar-refractivity contribution in [3.63, 3.8) is 0 Å². The first-order valence-electron chi connectivity index (χ1n) is 13.5. The summed E-state index contributed by atoms with van der Waals surface area (Å²) >= 11 is 0. The van der Waals surface area contributed by atoms with Crippen LogP contribution < -0.4 is 19.7 Å². The Kier molecular flexibility index (Phi) is 9.05. The Balaban J connectivity index is 1.27. The highest BCUT2D eigenvalue weighted by Crippen LogP contribution is 2.24. The number of aromatic nitrogens is 4. The average Bonchev–Trinajstić information content (AvgIpc) is 3.53. The van der Waals surface area contributed by atoms with Crippen LogP contribution in [0.3, 0.4) is 0 Å². The third kappa shape index (κ3) is 7.17. The van der Waals surface area contributed by atoms with Crippen molar-refractivity contribution in [1.29, 1.82) is 0 Å². The van der Waals surface area contributed by atoms with Gasteiger partial charge in [-0.25, -0.2) is 14.4 Å². The number of rotatable bonds is 11. The number of carbonyl (C=O) groups is 1. The van der Waals surface area contributed by atoms with Gasteiger partial charge in [0.2, 0.25) is 11.9 Å². The summed E-state index contributed by atoms with van der Waals surface area (Å²) in [6.45, 7) is 3.10. The molecule has 2 aromatic heterocycles. The molecule has 0 aliphatic carbocycles. The fourth-order valence-electron chi connectivity index (χ4n) is 5.03. The first kappa shape index (κ1) is 28.0. The van der Waals surface area contributed by atoms with Crippen molar-refractivity contribution in [3.8, 4) is 17.4 Å². The molecule has 214 valence electrons. The molecule has 2 aromatic carbocycles. The maximum Gasteiger partial charge on any atom is 0.236 e.